The number of fused-ring (bicyclic) bond motifs is 1. The second-order valence-corrected chi connectivity index (χ2v) is 9.45. The van der Waals surface area contributed by atoms with E-state index in [1.165, 1.54) is 10.9 Å². The van der Waals surface area contributed by atoms with Crippen molar-refractivity contribution in [3.63, 3.8) is 0 Å². The minimum absolute atomic E-state index is 0.0279. The number of furan rings is 1. The van der Waals surface area contributed by atoms with Crippen LogP contribution in [0.4, 0.5) is 0 Å². The van der Waals surface area contributed by atoms with Crippen LogP contribution in [0.25, 0.3) is 11.0 Å². The summed E-state index contributed by atoms with van der Waals surface area (Å²) in [7, 11) is 1.85. The Labute approximate surface area is 186 Å². The maximum absolute atomic E-state index is 13.4. The number of carbonyl (C=O) groups excluding carboxylic acids is 1. The van der Waals surface area contributed by atoms with Gasteiger partial charge in [0.25, 0.3) is 5.56 Å². The van der Waals surface area contributed by atoms with Crippen LogP contribution in [-0.2, 0) is 18.4 Å². The van der Waals surface area contributed by atoms with Crippen molar-refractivity contribution in [1.29, 1.82) is 0 Å². The molecular weight excluding hydrogens is 408 g/mol. The topological polar surface area (TPSA) is 93.5 Å². The Morgan fingerprint density at radius 2 is 2.03 bits per heavy atom. The first-order chi connectivity index (χ1) is 15.5. The number of carbonyl (C=O) groups is 1. The van der Waals surface area contributed by atoms with E-state index in [1.54, 1.807) is 18.6 Å². The Balaban J connectivity index is 1.26. The predicted octanol–water partition coefficient (Wildman–Crippen LogP) is 2.66. The Bertz CT molecular complexity index is 1150. The molecule has 0 aromatic carbocycles. The summed E-state index contributed by atoms with van der Waals surface area (Å²) < 4.78 is 8.57. The van der Waals surface area contributed by atoms with Crippen molar-refractivity contribution in [2.24, 2.45) is 13.0 Å². The fraction of sp³-hybridized carbons (Fsp3) is 0.542. The summed E-state index contributed by atoms with van der Waals surface area (Å²) in [5.41, 5.74) is 0.576. The molecule has 1 saturated carbocycles. The van der Waals surface area contributed by atoms with Gasteiger partial charge in [-0.3, -0.25) is 14.2 Å². The number of nitrogens with zero attached hydrogens (tertiary/aromatic N) is 4. The van der Waals surface area contributed by atoms with Crippen LogP contribution < -0.4 is 5.56 Å². The molecule has 8 nitrogen and oxygen atoms in total. The van der Waals surface area contributed by atoms with E-state index in [0.717, 1.165) is 31.2 Å². The number of aromatic nitrogens is 3. The molecule has 170 valence electrons. The van der Waals surface area contributed by atoms with Crippen molar-refractivity contribution in [2.75, 3.05) is 13.1 Å². The first kappa shape index (κ1) is 21.0. The highest BCUT2D eigenvalue weighted by Crippen LogP contribution is 2.39. The smallest absolute Gasteiger partial charge is 0.262 e. The molecule has 0 radical (unpaired) electrons. The lowest BCUT2D eigenvalue weighted by Gasteiger charge is -2.41. The molecule has 0 bridgehead atoms. The number of aliphatic hydroxyl groups is 1. The van der Waals surface area contributed by atoms with Gasteiger partial charge in [0.2, 0.25) is 5.91 Å². The second kappa shape index (κ2) is 8.24. The fourth-order valence-corrected chi connectivity index (χ4v) is 5.46. The first-order valence-electron chi connectivity index (χ1n) is 11.5. The van der Waals surface area contributed by atoms with Crippen LogP contribution in [0.15, 0.2) is 46.4 Å². The Morgan fingerprint density at radius 1 is 1.25 bits per heavy atom. The molecule has 3 aromatic rings. The van der Waals surface area contributed by atoms with Crippen molar-refractivity contribution in [1.82, 2.24) is 19.0 Å². The van der Waals surface area contributed by atoms with Gasteiger partial charge in [0, 0.05) is 32.3 Å². The van der Waals surface area contributed by atoms with Crippen LogP contribution in [0, 0.1) is 5.92 Å². The zero-order valence-corrected chi connectivity index (χ0v) is 18.4. The number of rotatable bonds is 4. The van der Waals surface area contributed by atoms with E-state index in [0.29, 0.717) is 37.0 Å². The van der Waals surface area contributed by atoms with Gasteiger partial charge in [-0.05, 0) is 49.3 Å². The molecule has 1 aliphatic heterocycles. The first-order valence-corrected chi connectivity index (χ1v) is 11.5. The number of aryl methyl sites for hydroxylation is 1. The second-order valence-electron chi connectivity index (χ2n) is 9.45. The molecule has 2 aliphatic rings. The molecule has 1 saturated heterocycles. The van der Waals surface area contributed by atoms with Crippen molar-refractivity contribution in [2.45, 2.75) is 56.6 Å². The molecule has 32 heavy (non-hydrogen) atoms. The standard InChI is InChI=1S/C24H30N4O4/c1-26-10-6-20-21(26)25-16-28(23(20)30)15-24(31)8-11-27(12-9-24)22(29)19-5-3-2-4-18(19)17-7-13-32-14-17/h6-7,10,13-14,16,18-19,31H,2-5,8-9,11-12,15H2,1H3/t18-,19+/m1/s1. The Morgan fingerprint density at radius 3 is 2.78 bits per heavy atom. The van der Waals surface area contributed by atoms with Crippen LogP contribution in [0.5, 0.6) is 0 Å². The molecule has 0 spiro atoms. The van der Waals surface area contributed by atoms with Gasteiger partial charge in [0.1, 0.15) is 12.0 Å². The van der Waals surface area contributed by atoms with Gasteiger partial charge in [-0.1, -0.05) is 12.8 Å². The average molecular weight is 439 g/mol. The maximum atomic E-state index is 13.4. The fourth-order valence-electron chi connectivity index (χ4n) is 5.46. The van der Waals surface area contributed by atoms with Gasteiger partial charge in [-0.2, -0.15) is 0 Å². The van der Waals surface area contributed by atoms with E-state index >= 15 is 0 Å². The third kappa shape index (κ3) is 3.77. The van der Waals surface area contributed by atoms with E-state index < -0.39 is 5.60 Å². The molecular formula is C24H30N4O4. The zero-order chi connectivity index (χ0) is 22.3. The molecule has 3 aromatic heterocycles. The molecule has 5 rings (SSSR count). The summed E-state index contributed by atoms with van der Waals surface area (Å²) in [5.74, 6) is 0.361. The predicted molar refractivity (Wildman–Crippen MR) is 119 cm³/mol. The van der Waals surface area contributed by atoms with E-state index in [-0.39, 0.29) is 29.8 Å². The summed E-state index contributed by atoms with van der Waals surface area (Å²) in [6, 6.07) is 3.73. The van der Waals surface area contributed by atoms with E-state index in [9.17, 15) is 14.7 Å². The lowest BCUT2D eigenvalue weighted by Crippen LogP contribution is -2.51. The summed E-state index contributed by atoms with van der Waals surface area (Å²) in [6.45, 7) is 1.19. The van der Waals surface area contributed by atoms with Crippen LogP contribution >= 0.6 is 0 Å². The third-order valence-electron chi connectivity index (χ3n) is 7.38. The quantitative estimate of drug-likeness (QED) is 0.676. The van der Waals surface area contributed by atoms with Crippen molar-refractivity contribution in [3.8, 4) is 0 Å². The number of hydrogen-bond acceptors (Lipinski definition) is 5. The van der Waals surface area contributed by atoms with E-state index in [4.69, 9.17) is 4.42 Å². The maximum Gasteiger partial charge on any atom is 0.262 e. The molecule has 1 N–H and O–H groups in total. The largest absolute Gasteiger partial charge is 0.472 e. The van der Waals surface area contributed by atoms with Crippen LogP contribution in [0.3, 0.4) is 0 Å². The van der Waals surface area contributed by atoms with Crippen LogP contribution in [0.1, 0.15) is 50.0 Å². The summed E-state index contributed by atoms with van der Waals surface area (Å²) in [6.07, 6.45) is 11.8. The average Bonchev–Trinajstić information content (AvgIpc) is 3.46. The summed E-state index contributed by atoms with van der Waals surface area (Å²) in [5, 5.41) is 11.7. The van der Waals surface area contributed by atoms with E-state index in [2.05, 4.69) is 4.98 Å². The van der Waals surface area contributed by atoms with Crippen molar-refractivity contribution < 1.29 is 14.3 Å². The minimum Gasteiger partial charge on any atom is -0.472 e. The monoisotopic (exact) mass is 438 g/mol. The SMILES string of the molecule is Cn1ccc2c(=O)n(CC3(O)CCN(C(=O)[C@H]4CCCC[C@@H]4c4ccoc4)CC3)cnc21. The van der Waals surface area contributed by atoms with Gasteiger partial charge in [0.15, 0.2) is 0 Å². The van der Waals surface area contributed by atoms with Gasteiger partial charge in [0.05, 0.1) is 30.1 Å². The van der Waals surface area contributed by atoms with E-state index in [1.807, 2.05) is 28.8 Å². The number of piperidine rings is 1. The molecule has 8 heteroatoms. The highest BCUT2D eigenvalue weighted by molar-refractivity contribution is 5.80. The summed E-state index contributed by atoms with van der Waals surface area (Å²) >= 11 is 0. The van der Waals surface area contributed by atoms with Gasteiger partial charge in [-0.25, -0.2) is 4.98 Å². The molecule has 1 aliphatic carbocycles. The summed E-state index contributed by atoms with van der Waals surface area (Å²) in [4.78, 5) is 32.5. The number of likely N-dealkylation sites (tertiary alicyclic amines) is 1. The highest BCUT2D eigenvalue weighted by Gasteiger charge is 2.39. The molecule has 2 fully saturated rings. The zero-order valence-electron chi connectivity index (χ0n) is 18.4. The van der Waals surface area contributed by atoms with Crippen molar-refractivity contribution in [3.05, 3.63) is 53.1 Å². The van der Waals surface area contributed by atoms with Gasteiger partial charge in [-0.15, -0.1) is 0 Å². The molecule has 0 unspecified atom stereocenters. The number of amides is 1. The molecule has 2 atom stereocenters. The third-order valence-corrected chi connectivity index (χ3v) is 7.38. The molecule has 4 heterocycles. The normalized spacial score (nSPS) is 23.5. The Hall–Kier alpha value is -2.87. The number of hydrogen-bond donors (Lipinski definition) is 1. The van der Waals surface area contributed by atoms with Gasteiger partial charge >= 0.3 is 0 Å². The van der Waals surface area contributed by atoms with Crippen LogP contribution in [0.2, 0.25) is 0 Å². The van der Waals surface area contributed by atoms with Crippen LogP contribution in [-0.4, -0.2) is 48.7 Å². The molecule has 1 amide bonds. The lowest BCUT2D eigenvalue weighted by molar-refractivity contribution is -0.142. The Kier molecular flexibility index (Phi) is 5.41. The highest BCUT2D eigenvalue weighted by atomic mass is 16.3. The lowest BCUT2D eigenvalue weighted by atomic mass is 9.75. The van der Waals surface area contributed by atoms with Gasteiger partial charge < -0.3 is 19.0 Å². The minimum atomic E-state index is -1.03. The van der Waals surface area contributed by atoms with Crippen molar-refractivity contribution >= 4 is 16.9 Å².